The van der Waals surface area contributed by atoms with Gasteiger partial charge in [0.05, 0.1) is 6.61 Å². The Morgan fingerprint density at radius 2 is 1.83 bits per heavy atom. The number of carbonyl (C=O) groups excluding carboxylic acids is 2. The molecule has 0 heterocycles. The molecule has 0 unspecified atom stereocenters. The molecule has 0 aliphatic heterocycles. The monoisotopic (exact) mass is 337 g/mol. The number of methoxy groups -OCH3 is 1. The van der Waals surface area contributed by atoms with Crippen molar-refractivity contribution in [2.75, 3.05) is 20.3 Å². The summed E-state index contributed by atoms with van der Waals surface area (Å²) >= 11 is 0. The van der Waals surface area contributed by atoms with Crippen LogP contribution in [0.15, 0.2) is 43.0 Å². The molecule has 1 N–H and O–H groups in total. The Balaban J connectivity index is 0.000000922. The van der Waals surface area contributed by atoms with Crippen LogP contribution in [0.1, 0.15) is 26.3 Å². The lowest BCUT2D eigenvalue weighted by Crippen LogP contribution is -2.36. The molecular weight excluding hydrogens is 310 g/mol. The summed E-state index contributed by atoms with van der Waals surface area (Å²) in [5.74, 6) is -0.505. The topological polar surface area (TPSA) is 73.9 Å². The molecule has 1 aromatic carbocycles. The molecule has 6 nitrogen and oxygen atoms in total. The van der Waals surface area contributed by atoms with Gasteiger partial charge in [0.25, 0.3) is 0 Å². The standard InChI is InChI=1S/C14H19NO4.C4H8O/c1-14(2,3)19-13(17)15-9-12(16)18-10-11-7-5-4-6-8-11;1-3-4-5-2/h4-8H,9-10H2,1-3H3,(H,15,17);3H,1,4H2,2H3. The molecule has 0 radical (unpaired) electrons. The lowest BCUT2D eigenvalue weighted by Gasteiger charge is -2.19. The van der Waals surface area contributed by atoms with Gasteiger partial charge in [0.1, 0.15) is 18.8 Å². The van der Waals surface area contributed by atoms with E-state index in [2.05, 4.69) is 16.6 Å². The van der Waals surface area contributed by atoms with Gasteiger partial charge in [-0.15, -0.1) is 6.58 Å². The number of hydrogen-bond donors (Lipinski definition) is 1. The van der Waals surface area contributed by atoms with E-state index in [0.29, 0.717) is 6.61 Å². The van der Waals surface area contributed by atoms with Gasteiger partial charge >= 0.3 is 12.1 Å². The summed E-state index contributed by atoms with van der Waals surface area (Å²) in [7, 11) is 1.64. The van der Waals surface area contributed by atoms with Crippen LogP contribution in [0, 0.1) is 0 Å². The first-order valence-corrected chi connectivity index (χ1v) is 7.54. The van der Waals surface area contributed by atoms with Crippen molar-refractivity contribution in [3.8, 4) is 0 Å². The molecule has 0 saturated heterocycles. The molecule has 0 aliphatic rings. The van der Waals surface area contributed by atoms with Crippen molar-refractivity contribution < 1.29 is 23.8 Å². The maximum Gasteiger partial charge on any atom is 0.408 e. The lowest BCUT2D eigenvalue weighted by molar-refractivity contribution is -0.143. The van der Waals surface area contributed by atoms with E-state index in [4.69, 9.17) is 9.47 Å². The number of carbonyl (C=O) groups is 2. The van der Waals surface area contributed by atoms with Crippen molar-refractivity contribution in [2.45, 2.75) is 33.0 Å². The fraction of sp³-hybridized carbons (Fsp3) is 0.444. The summed E-state index contributed by atoms with van der Waals surface area (Å²) in [6.45, 7) is 9.31. The second-order valence-corrected chi connectivity index (χ2v) is 5.75. The number of esters is 1. The minimum atomic E-state index is -0.635. The van der Waals surface area contributed by atoms with Gasteiger partial charge in [0.2, 0.25) is 0 Å². The number of ether oxygens (including phenoxy) is 3. The van der Waals surface area contributed by atoms with E-state index in [1.807, 2.05) is 30.3 Å². The third-order valence-corrected chi connectivity index (χ3v) is 2.30. The van der Waals surface area contributed by atoms with Crippen LogP contribution in [-0.4, -0.2) is 37.9 Å². The number of alkyl carbamates (subject to hydrolysis) is 1. The average Bonchev–Trinajstić information content (AvgIpc) is 2.52. The van der Waals surface area contributed by atoms with E-state index in [1.165, 1.54) is 0 Å². The Labute approximate surface area is 143 Å². The zero-order valence-corrected chi connectivity index (χ0v) is 14.8. The Bertz CT molecular complexity index is 494. The maximum absolute atomic E-state index is 11.4. The third kappa shape index (κ3) is 13.3. The normalized spacial score (nSPS) is 10.0. The zero-order valence-electron chi connectivity index (χ0n) is 14.8. The molecule has 0 spiro atoms. The van der Waals surface area contributed by atoms with Crippen LogP contribution >= 0.6 is 0 Å². The van der Waals surface area contributed by atoms with Gasteiger partial charge in [-0.1, -0.05) is 36.4 Å². The summed E-state index contributed by atoms with van der Waals surface area (Å²) < 4.78 is 14.6. The molecule has 134 valence electrons. The highest BCUT2D eigenvalue weighted by molar-refractivity contribution is 5.77. The fourth-order valence-corrected chi connectivity index (χ4v) is 1.37. The van der Waals surface area contributed by atoms with Crippen molar-refractivity contribution in [1.29, 1.82) is 0 Å². The first-order chi connectivity index (χ1) is 11.3. The van der Waals surface area contributed by atoms with Gasteiger partial charge in [-0.3, -0.25) is 4.79 Å². The van der Waals surface area contributed by atoms with Gasteiger partial charge < -0.3 is 19.5 Å². The van der Waals surface area contributed by atoms with Crippen LogP contribution < -0.4 is 5.32 Å². The zero-order chi connectivity index (χ0) is 18.4. The summed E-state index contributed by atoms with van der Waals surface area (Å²) in [6.07, 6.45) is 1.07. The number of amides is 1. The summed E-state index contributed by atoms with van der Waals surface area (Å²) in [5.41, 5.74) is 0.311. The molecule has 0 saturated carbocycles. The maximum atomic E-state index is 11.4. The SMILES string of the molecule is C=CCOC.CC(C)(C)OC(=O)NCC(=O)OCc1ccccc1. The van der Waals surface area contributed by atoms with Crippen LogP contribution in [0.2, 0.25) is 0 Å². The van der Waals surface area contributed by atoms with Gasteiger partial charge in [-0.05, 0) is 26.3 Å². The molecule has 0 fully saturated rings. The number of nitrogens with one attached hydrogen (secondary N) is 1. The van der Waals surface area contributed by atoms with Gasteiger partial charge in [0, 0.05) is 7.11 Å². The van der Waals surface area contributed by atoms with Crippen molar-refractivity contribution >= 4 is 12.1 Å². The van der Waals surface area contributed by atoms with Crippen LogP contribution in [-0.2, 0) is 25.6 Å². The van der Waals surface area contributed by atoms with Gasteiger partial charge in [0.15, 0.2) is 0 Å². The molecule has 1 amide bonds. The van der Waals surface area contributed by atoms with Crippen molar-refractivity contribution in [1.82, 2.24) is 5.32 Å². The first-order valence-electron chi connectivity index (χ1n) is 7.54. The second-order valence-electron chi connectivity index (χ2n) is 5.75. The minimum Gasteiger partial charge on any atom is -0.460 e. The van der Waals surface area contributed by atoms with Crippen molar-refractivity contribution in [2.24, 2.45) is 0 Å². The van der Waals surface area contributed by atoms with Crippen molar-refractivity contribution in [3.05, 3.63) is 48.6 Å². The second kappa shape index (κ2) is 12.1. The average molecular weight is 337 g/mol. The fourth-order valence-electron chi connectivity index (χ4n) is 1.37. The van der Waals surface area contributed by atoms with Gasteiger partial charge in [-0.25, -0.2) is 4.79 Å². The van der Waals surface area contributed by atoms with E-state index in [-0.39, 0.29) is 13.2 Å². The first kappa shape index (κ1) is 21.7. The highest BCUT2D eigenvalue weighted by atomic mass is 16.6. The van der Waals surface area contributed by atoms with Crippen LogP contribution in [0.4, 0.5) is 4.79 Å². The molecule has 1 rings (SSSR count). The molecule has 6 heteroatoms. The molecular formula is C18H27NO5. The largest absolute Gasteiger partial charge is 0.460 e. The van der Waals surface area contributed by atoms with Crippen LogP contribution in [0.25, 0.3) is 0 Å². The minimum absolute atomic E-state index is 0.190. The Morgan fingerprint density at radius 3 is 2.29 bits per heavy atom. The Hall–Kier alpha value is -2.34. The van der Waals surface area contributed by atoms with Crippen LogP contribution in [0.5, 0.6) is 0 Å². The quantitative estimate of drug-likeness (QED) is 0.638. The van der Waals surface area contributed by atoms with Crippen molar-refractivity contribution in [3.63, 3.8) is 0 Å². The van der Waals surface area contributed by atoms with E-state index in [1.54, 1.807) is 34.0 Å². The van der Waals surface area contributed by atoms with Gasteiger partial charge in [-0.2, -0.15) is 0 Å². The van der Waals surface area contributed by atoms with E-state index >= 15 is 0 Å². The van der Waals surface area contributed by atoms with E-state index < -0.39 is 17.7 Å². The summed E-state index contributed by atoms with van der Waals surface area (Å²) in [4.78, 5) is 22.7. The summed E-state index contributed by atoms with van der Waals surface area (Å²) in [5, 5.41) is 2.34. The number of benzene rings is 1. The molecule has 0 aromatic heterocycles. The molecule has 24 heavy (non-hydrogen) atoms. The predicted molar refractivity (Wildman–Crippen MR) is 92.5 cm³/mol. The molecule has 0 atom stereocenters. The number of hydrogen-bond acceptors (Lipinski definition) is 5. The predicted octanol–water partition coefficient (Wildman–Crippen LogP) is 3.07. The van der Waals surface area contributed by atoms with Crippen LogP contribution in [0.3, 0.4) is 0 Å². The third-order valence-electron chi connectivity index (χ3n) is 2.30. The summed E-state index contributed by atoms with van der Waals surface area (Å²) in [6, 6.07) is 9.32. The smallest absolute Gasteiger partial charge is 0.408 e. The Morgan fingerprint density at radius 1 is 1.21 bits per heavy atom. The molecule has 0 bridgehead atoms. The Kier molecular flexibility index (Phi) is 10.9. The highest BCUT2D eigenvalue weighted by Crippen LogP contribution is 2.06. The van der Waals surface area contributed by atoms with E-state index in [0.717, 1.165) is 5.56 Å². The number of rotatable bonds is 6. The lowest BCUT2D eigenvalue weighted by atomic mass is 10.2. The molecule has 0 aliphatic carbocycles. The molecule has 1 aromatic rings. The van der Waals surface area contributed by atoms with E-state index in [9.17, 15) is 9.59 Å². The highest BCUT2D eigenvalue weighted by Gasteiger charge is 2.16.